The number of nitrogens with one attached hydrogen (secondary N) is 1. The fourth-order valence-electron chi connectivity index (χ4n) is 4.27. The second kappa shape index (κ2) is 9.57. The summed E-state index contributed by atoms with van der Waals surface area (Å²) in [6.45, 7) is 2.57. The molecule has 1 saturated carbocycles. The molecule has 2 fully saturated rings. The monoisotopic (exact) mass is 495 g/mol. The Balaban J connectivity index is 1.58. The predicted octanol–water partition coefficient (Wildman–Crippen LogP) is 3.80. The second-order valence-corrected chi connectivity index (χ2v) is 9.64. The Morgan fingerprint density at radius 2 is 1.76 bits per heavy atom. The van der Waals surface area contributed by atoms with Crippen LogP contribution in [0, 0.1) is 11.6 Å². The van der Waals surface area contributed by atoms with Gasteiger partial charge in [0.25, 0.3) is 0 Å². The maximum atomic E-state index is 14.5. The van der Waals surface area contributed by atoms with Gasteiger partial charge in [-0.3, -0.25) is 9.59 Å². The Morgan fingerprint density at radius 1 is 1.06 bits per heavy atom. The van der Waals surface area contributed by atoms with Crippen molar-refractivity contribution in [1.29, 1.82) is 0 Å². The summed E-state index contributed by atoms with van der Waals surface area (Å²) >= 11 is 12.3. The SMILES string of the molecule is CN1CCN(C(=O)[C@H](Cc2ccc(Cl)cc2Cl)NC(=O)C2(c3ccc(F)cc3F)CC2)CC1. The molecule has 4 rings (SSSR count). The molecule has 0 radical (unpaired) electrons. The van der Waals surface area contributed by atoms with Gasteiger partial charge in [-0.25, -0.2) is 8.78 Å². The van der Waals surface area contributed by atoms with Gasteiger partial charge in [0.05, 0.1) is 5.41 Å². The minimum absolute atomic E-state index is 0.150. The molecule has 2 aromatic carbocycles. The average Bonchev–Trinajstić information content (AvgIpc) is 3.57. The Morgan fingerprint density at radius 3 is 2.36 bits per heavy atom. The summed E-state index contributed by atoms with van der Waals surface area (Å²) in [5.41, 5.74) is -0.272. The van der Waals surface area contributed by atoms with Gasteiger partial charge in [0.15, 0.2) is 0 Å². The number of carbonyl (C=O) groups is 2. The van der Waals surface area contributed by atoms with E-state index in [0.717, 1.165) is 25.2 Å². The molecule has 2 aliphatic rings. The van der Waals surface area contributed by atoms with E-state index in [0.29, 0.717) is 41.5 Å². The van der Waals surface area contributed by atoms with Gasteiger partial charge >= 0.3 is 0 Å². The smallest absolute Gasteiger partial charge is 0.245 e. The van der Waals surface area contributed by atoms with Crippen LogP contribution in [0.1, 0.15) is 24.0 Å². The largest absolute Gasteiger partial charge is 0.343 e. The molecule has 0 aromatic heterocycles. The van der Waals surface area contributed by atoms with Crippen molar-refractivity contribution in [1.82, 2.24) is 15.1 Å². The summed E-state index contributed by atoms with van der Waals surface area (Å²) in [4.78, 5) is 30.6. The molecule has 0 spiro atoms. The average molecular weight is 496 g/mol. The number of carbonyl (C=O) groups excluding carboxylic acids is 2. The lowest BCUT2D eigenvalue weighted by molar-refractivity contribution is -0.138. The first-order valence-electron chi connectivity index (χ1n) is 10.9. The number of hydrogen-bond donors (Lipinski definition) is 1. The summed E-state index contributed by atoms with van der Waals surface area (Å²) in [6, 6.07) is 7.36. The van der Waals surface area contributed by atoms with Gasteiger partial charge in [-0.1, -0.05) is 35.3 Å². The zero-order valence-corrected chi connectivity index (χ0v) is 19.7. The zero-order valence-electron chi connectivity index (χ0n) is 18.2. The maximum Gasteiger partial charge on any atom is 0.245 e. The van der Waals surface area contributed by atoms with E-state index < -0.39 is 29.0 Å². The summed E-state index contributed by atoms with van der Waals surface area (Å²) < 4.78 is 27.9. The fourth-order valence-corrected chi connectivity index (χ4v) is 4.76. The van der Waals surface area contributed by atoms with Gasteiger partial charge in [-0.2, -0.15) is 0 Å². The van der Waals surface area contributed by atoms with Crippen LogP contribution in [0.3, 0.4) is 0 Å². The molecular weight excluding hydrogens is 471 g/mol. The van der Waals surface area contributed by atoms with Crippen molar-refractivity contribution in [3.05, 3.63) is 69.2 Å². The molecule has 1 aliphatic carbocycles. The van der Waals surface area contributed by atoms with Crippen LogP contribution in [0.25, 0.3) is 0 Å². The third kappa shape index (κ3) is 5.15. The maximum absolute atomic E-state index is 14.5. The molecular formula is C24H25Cl2F2N3O2. The van der Waals surface area contributed by atoms with E-state index in [1.165, 1.54) is 6.07 Å². The number of hydrogen-bond acceptors (Lipinski definition) is 3. The zero-order chi connectivity index (χ0) is 23.8. The first-order chi connectivity index (χ1) is 15.7. The van der Waals surface area contributed by atoms with E-state index >= 15 is 0 Å². The standard InChI is InChI=1S/C24H25Cl2F2N3O2/c1-30-8-10-31(11-9-30)22(32)21(12-15-2-3-16(25)13-19(15)26)29-23(33)24(6-7-24)18-5-4-17(27)14-20(18)28/h2-5,13-14,21H,6-12H2,1H3,(H,29,33)/t21-/m0/s1. The number of piperazine rings is 1. The number of rotatable bonds is 6. The molecule has 2 amide bonds. The quantitative estimate of drug-likeness (QED) is 0.662. The van der Waals surface area contributed by atoms with E-state index in [1.54, 1.807) is 23.1 Å². The van der Waals surface area contributed by atoms with Crippen LogP contribution in [0.4, 0.5) is 8.78 Å². The van der Waals surface area contributed by atoms with E-state index in [4.69, 9.17) is 23.2 Å². The highest BCUT2D eigenvalue weighted by atomic mass is 35.5. The van der Waals surface area contributed by atoms with Crippen molar-refractivity contribution in [3.8, 4) is 0 Å². The highest BCUT2D eigenvalue weighted by molar-refractivity contribution is 6.35. The molecule has 1 saturated heterocycles. The van der Waals surface area contributed by atoms with Crippen LogP contribution in [-0.2, 0) is 21.4 Å². The summed E-state index contributed by atoms with van der Waals surface area (Å²) in [5, 5.41) is 3.74. The fraction of sp³-hybridized carbons (Fsp3) is 0.417. The molecule has 5 nitrogen and oxygen atoms in total. The van der Waals surface area contributed by atoms with Crippen LogP contribution in [-0.4, -0.2) is 60.9 Å². The third-order valence-corrected chi connectivity index (χ3v) is 7.08. The topological polar surface area (TPSA) is 52.6 Å². The van der Waals surface area contributed by atoms with Gasteiger partial charge in [0.2, 0.25) is 11.8 Å². The van der Waals surface area contributed by atoms with Crippen LogP contribution in [0.15, 0.2) is 36.4 Å². The number of halogens is 4. The van der Waals surface area contributed by atoms with Crippen molar-refractivity contribution >= 4 is 35.0 Å². The summed E-state index contributed by atoms with van der Waals surface area (Å²) in [6.07, 6.45) is 1.03. The molecule has 0 bridgehead atoms. The Labute approximate surface area is 201 Å². The molecule has 1 N–H and O–H groups in total. The van der Waals surface area contributed by atoms with Crippen molar-refractivity contribution in [3.63, 3.8) is 0 Å². The van der Waals surface area contributed by atoms with Crippen LogP contribution >= 0.6 is 23.2 Å². The molecule has 176 valence electrons. The summed E-state index contributed by atoms with van der Waals surface area (Å²) in [7, 11) is 1.99. The molecule has 2 aromatic rings. The molecule has 1 aliphatic heterocycles. The van der Waals surface area contributed by atoms with Crippen molar-refractivity contribution in [2.45, 2.75) is 30.7 Å². The lowest BCUT2D eigenvalue weighted by Gasteiger charge is -2.35. The molecule has 9 heteroatoms. The van der Waals surface area contributed by atoms with E-state index in [9.17, 15) is 18.4 Å². The van der Waals surface area contributed by atoms with E-state index in [-0.39, 0.29) is 17.9 Å². The lowest BCUT2D eigenvalue weighted by Crippen LogP contribution is -2.56. The van der Waals surface area contributed by atoms with Gasteiger partial charge in [0, 0.05) is 54.3 Å². The summed E-state index contributed by atoms with van der Waals surface area (Å²) in [5.74, 6) is -2.11. The van der Waals surface area contributed by atoms with Crippen molar-refractivity contribution in [2.24, 2.45) is 0 Å². The number of benzene rings is 2. The third-order valence-electron chi connectivity index (χ3n) is 6.49. The van der Waals surface area contributed by atoms with Crippen LogP contribution < -0.4 is 5.32 Å². The predicted molar refractivity (Wildman–Crippen MR) is 123 cm³/mol. The normalized spacial score (nSPS) is 18.6. The van der Waals surface area contributed by atoms with Gasteiger partial charge in [0.1, 0.15) is 17.7 Å². The first kappa shape index (κ1) is 23.9. The van der Waals surface area contributed by atoms with E-state index in [1.807, 2.05) is 7.05 Å². The molecule has 1 heterocycles. The minimum atomic E-state index is -1.10. The molecule has 0 unspecified atom stereocenters. The highest BCUT2D eigenvalue weighted by Gasteiger charge is 2.53. The van der Waals surface area contributed by atoms with Crippen molar-refractivity contribution < 1.29 is 18.4 Å². The first-order valence-corrected chi connectivity index (χ1v) is 11.6. The van der Waals surface area contributed by atoms with E-state index in [2.05, 4.69) is 10.2 Å². The van der Waals surface area contributed by atoms with Gasteiger partial charge < -0.3 is 15.1 Å². The lowest BCUT2D eigenvalue weighted by atomic mass is 9.93. The minimum Gasteiger partial charge on any atom is -0.343 e. The molecule has 1 atom stereocenters. The van der Waals surface area contributed by atoms with Gasteiger partial charge in [-0.05, 0) is 43.7 Å². The van der Waals surface area contributed by atoms with Crippen molar-refractivity contribution in [2.75, 3.05) is 33.2 Å². The molecule has 33 heavy (non-hydrogen) atoms. The number of amides is 2. The highest BCUT2D eigenvalue weighted by Crippen LogP contribution is 2.49. The Hall–Kier alpha value is -2.22. The second-order valence-electron chi connectivity index (χ2n) is 8.80. The number of nitrogens with zero attached hydrogens (tertiary/aromatic N) is 2. The van der Waals surface area contributed by atoms with Crippen LogP contribution in [0.2, 0.25) is 10.0 Å². The van der Waals surface area contributed by atoms with Gasteiger partial charge in [-0.15, -0.1) is 0 Å². The number of likely N-dealkylation sites (N-methyl/N-ethyl adjacent to an activating group) is 1. The Kier molecular flexibility index (Phi) is 6.93. The van der Waals surface area contributed by atoms with Crippen LogP contribution in [0.5, 0.6) is 0 Å². The Bertz CT molecular complexity index is 1070.